The molecule has 2 saturated heterocycles. The number of thiol groups is 1. The average Bonchev–Trinajstić information content (AvgIpc) is 3.73. The van der Waals surface area contributed by atoms with Crippen molar-refractivity contribution in [3.8, 4) is 0 Å². The van der Waals surface area contributed by atoms with Crippen LogP contribution in [-0.2, 0) is 32.2 Å². The van der Waals surface area contributed by atoms with Gasteiger partial charge in [-0.1, -0.05) is 12.2 Å². The molecule has 2 aliphatic heterocycles. The molecule has 19 nitrogen and oxygen atoms in total. The number of nitrogen functional groups attached to an aromatic ring is 2. The van der Waals surface area contributed by atoms with Crippen LogP contribution in [0.5, 0.6) is 0 Å². The van der Waals surface area contributed by atoms with Crippen LogP contribution < -0.4 is 17.0 Å². The highest BCUT2D eigenvalue weighted by molar-refractivity contribution is 8.39. The highest BCUT2D eigenvalue weighted by Gasteiger charge is 2.51. The molecule has 6 rings (SSSR count). The standard InChI is InChI=1S/C22H27F2N9O10P2S/c23-8-4-32(18-13(8)17(25)27-6-28-18)12-3-10(42-44(36)46)11(40-12)5-39-45(37,38)43-16-14(24)9(1-2-34)41-21(16)33-7-29-15-19(33)30-22(26)31-20(15)35/h4,6-7,9-12,14,16,21,34,44H,1-3,5H2,(H,36,46)(H,37,38)(H2,25,27,28)(H3,26,30,31,35)/t9-,10+,11-,12-,14-,16-,21-/m1/s1. The van der Waals surface area contributed by atoms with Crippen LogP contribution in [-0.4, -0.2) is 87.9 Å². The molecule has 6 heterocycles. The minimum absolute atomic E-state index is 0.0361. The number of fused-ring (bicyclic) bond motifs is 2. The second kappa shape index (κ2) is 12.9. The fraction of sp³-hybridized carbons (Fsp3) is 0.500. The maximum atomic E-state index is 15.6. The van der Waals surface area contributed by atoms with Gasteiger partial charge >= 0.3 is 7.82 Å². The van der Waals surface area contributed by atoms with Gasteiger partial charge in [-0.15, -0.1) is 0 Å². The number of hydrogen-bond acceptors (Lipinski definition) is 15. The number of ether oxygens (including phenoxy) is 2. The molecule has 2 fully saturated rings. The minimum atomic E-state index is -5.15. The summed E-state index contributed by atoms with van der Waals surface area (Å²) < 4.78 is 85.1. The van der Waals surface area contributed by atoms with Crippen LogP contribution in [0.25, 0.3) is 22.2 Å². The van der Waals surface area contributed by atoms with Crippen molar-refractivity contribution in [3.63, 3.8) is 0 Å². The number of nitrogens with two attached hydrogens (primary N) is 2. The van der Waals surface area contributed by atoms with E-state index in [1.165, 1.54) is 4.57 Å². The molecule has 4 aromatic rings. The van der Waals surface area contributed by atoms with Crippen LogP contribution in [0.4, 0.5) is 20.5 Å². The first-order chi connectivity index (χ1) is 21.9. The van der Waals surface area contributed by atoms with Crippen molar-refractivity contribution < 1.29 is 51.0 Å². The Hall–Kier alpha value is -3.04. The first-order valence-corrected chi connectivity index (χ1v) is 17.6. The number of nitrogens with zero attached hydrogens (tertiary/aromatic N) is 6. The molecule has 24 heteroatoms. The molecule has 0 aliphatic carbocycles. The minimum Gasteiger partial charge on any atom is -0.396 e. The number of phosphoric acid groups is 1. The summed E-state index contributed by atoms with van der Waals surface area (Å²) >= 11 is 3.80. The van der Waals surface area contributed by atoms with E-state index in [1.807, 2.05) is 0 Å². The third-order valence-electron chi connectivity index (χ3n) is 7.39. The number of aromatic nitrogens is 7. The zero-order valence-corrected chi connectivity index (χ0v) is 26.0. The summed E-state index contributed by atoms with van der Waals surface area (Å²) in [6.45, 7) is -1.18. The number of hydrogen-bond donors (Lipinski definition) is 6. The van der Waals surface area contributed by atoms with E-state index >= 15 is 4.39 Å². The molecule has 7 N–H and O–H groups in total. The zero-order valence-electron chi connectivity index (χ0n) is 23.3. The summed E-state index contributed by atoms with van der Waals surface area (Å²) in [5, 5.41) is 9.34. The molecule has 250 valence electrons. The summed E-state index contributed by atoms with van der Waals surface area (Å²) in [4.78, 5) is 41.0. The van der Waals surface area contributed by atoms with Gasteiger partial charge in [0.25, 0.3) is 5.56 Å². The first-order valence-electron chi connectivity index (χ1n) is 13.5. The maximum absolute atomic E-state index is 15.6. The number of anilines is 2. The van der Waals surface area contributed by atoms with Crippen LogP contribution in [0.1, 0.15) is 25.3 Å². The van der Waals surface area contributed by atoms with Crippen molar-refractivity contribution in [2.45, 2.75) is 55.9 Å². The molecule has 9 atom stereocenters. The van der Waals surface area contributed by atoms with Crippen molar-refractivity contribution in [2.24, 2.45) is 0 Å². The number of imidazole rings is 1. The quantitative estimate of drug-likeness (QED) is 0.0936. The molecule has 0 spiro atoms. The monoisotopic (exact) mass is 709 g/mol. The number of alkyl halides is 1. The van der Waals surface area contributed by atoms with Crippen molar-refractivity contribution in [1.82, 2.24) is 34.1 Å². The average molecular weight is 710 g/mol. The van der Waals surface area contributed by atoms with E-state index in [4.69, 9.17) is 34.5 Å². The van der Waals surface area contributed by atoms with Gasteiger partial charge in [-0.05, 0) is 6.42 Å². The van der Waals surface area contributed by atoms with Gasteiger partial charge in [0.15, 0.2) is 35.0 Å². The lowest BCUT2D eigenvalue weighted by Gasteiger charge is -2.24. The van der Waals surface area contributed by atoms with E-state index in [-0.39, 0.29) is 46.8 Å². The summed E-state index contributed by atoms with van der Waals surface area (Å²) in [6, 6.07) is 0. The molecule has 46 heavy (non-hydrogen) atoms. The van der Waals surface area contributed by atoms with Gasteiger partial charge in [-0.3, -0.25) is 28.0 Å². The molecule has 0 amide bonds. The number of halogens is 2. The molecule has 0 bridgehead atoms. The third kappa shape index (κ3) is 6.29. The van der Waals surface area contributed by atoms with Crippen LogP contribution in [0.3, 0.4) is 0 Å². The molecule has 4 aromatic heterocycles. The van der Waals surface area contributed by atoms with Crippen LogP contribution in [0.15, 0.2) is 23.6 Å². The molecule has 0 aromatic carbocycles. The second-order valence-corrected chi connectivity index (χ2v) is 13.5. The van der Waals surface area contributed by atoms with Gasteiger partial charge in [-0.2, -0.15) is 4.98 Å². The predicted octanol–water partition coefficient (Wildman–Crippen LogP) is 0.980. The lowest BCUT2D eigenvalue weighted by Crippen LogP contribution is -2.32. The second-order valence-electron chi connectivity index (χ2n) is 10.3. The zero-order chi connectivity index (χ0) is 32.9. The summed E-state index contributed by atoms with van der Waals surface area (Å²) in [7, 11) is -8.01. The Morgan fingerprint density at radius 1 is 1.22 bits per heavy atom. The number of aliphatic hydroxyl groups is 1. The summed E-state index contributed by atoms with van der Waals surface area (Å²) in [6.07, 6.45) is -6.82. The highest BCUT2D eigenvalue weighted by atomic mass is 32.7. The normalized spacial score (nSPS) is 28.7. The topological polar surface area (TPSA) is 267 Å². The first kappa shape index (κ1) is 32.9. The molecule has 2 aliphatic rings. The lowest BCUT2D eigenvalue weighted by molar-refractivity contribution is -0.0538. The van der Waals surface area contributed by atoms with Gasteiger partial charge < -0.3 is 40.0 Å². The van der Waals surface area contributed by atoms with Gasteiger partial charge in [-0.25, -0.2) is 28.3 Å². The Morgan fingerprint density at radius 3 is 2.74 bits per heavy atom. The van der Waals surface area contributed by atoms with Gasteiger partial charge in [0, 0.05) is 19.2 Å². The van der Waals surface area contributed by atoms with Crippen molar-refractivity contribution >= 4 is 61.3 Å². The van der Waals surface area contributed by atoms with Gasteiger partial charge in [0.1, 0.15) is 30.6 Å². The number of aliphatic hydroxyl groups excluding tert-OH is 1. The number of H-pyrrole nitrogens is 1. The molecular formula is C22H27F2N9O10P2S. The Kier molecular flexibility index (Phi) is 9.20. The van der Waals surface area contributed by atoms with Crippen molar-refractivity contribution in [2.75, 3.05) is 24.7 Å². The number of nitrogens with one attached hydrogen (secondary N) is 1. The highest BCUT2D eigenvalue weighted by Crippen LogP contribution is 2.51. The Morgan fingerprint density at radius 2 is 2.00 bits per heavy atom. The lowest BCUT2D eigenvalue weighted by atomic mass is 10.1. The molecular weight excluding hydrogens is 682 g/mol. The number of rotatable bonds is 11. The van der Waals surface area contributed by atoms with E-state index in [9.17, 15) is 28.3 Å². The molecule has 0 radical (unpaired) electrons. The van der Waals surface area contributed by atoms with Crippen LogP contribution in [0.2, 0.25) is 0 Å². The van der Waals surface area contributed by atoms with E-state index in [0.29, 0.717) is 0 Å². The largest absolute Gasteiger partial charge is 0.472 e. The maximum Gasteiger partial charge on any atom is 0.472 e. The van der Waals surface area contributed by atoms with Crippen LogP contribution >= 0.6 is 27.3 Å². The van der Waals surface area contributed by atoms with E-state index in [2.05, 4.69) is 37.2 Å². The summed E-state index contributed by atoms with van der Waals surface area (Å²) in [5.74, 6) is -1.12. The SMILES string of the molecule is Nc1nc2c(ncn2[C@@H]2O[C@H](CCO)[C@@H](F)[C@H]2OP(=O)(O)OC[C@H]2O[C@@H](n3cc(F)c4c(N)ncnc43)C[C@@H]2O[PH](=O)S)c(=O)[nH]1. The predicted molar refractivity (Wildman–Crippen MR) is 157 cm³/mol. The Bertz CT molecular complexity index is 1900. The molecule has 2 unspecified atom stereocenters. The number of phosphoric ester groups is 1. The number of aromatic amines is 1. The van der Waals surface area contributed by atoms with Crippen LogP contribution in [0, 0.1) is 5.82 Å². The van der Waals surface area contributed by atoms with E-state index < -0.39 is 82.7 Å². The summed E-state index contributed by atoms with van der Waals surface area (Å²) in [5.41, 5.74) is 10.5. The fourth-order valence-corrected chi connectivity index (χ4v) is 7.26. The van der Waals surface area contributed by atoms with Crippen molar-refractivity contribution in [1.29, 1.82) is 0 Å². The van der Waals surface area contributed by atoms with E-state index in [0.717, 1.165) is 23.4 Å². The Labute approximate surface area is 261 Å². The fourth-order valence-electron chi connectivity index (χ4n) is 5.43. The smallest absolute Gasteiger partial charge is 0.396 e. The Balaban J connectivity index is 1.22. The van der Waals surface area contributed by atoms with Gasteiger partial charge in [0.2, 0.25) is 13.2 Å². The van der Waals surface area contributed by atoms with Crippen molar-refractivity contribution in [3.05, 3.63) is 35.0 Å². The van der Waals surface area contributed by atoms with E-state index in [1.54, 1.807) is 0 Å². The third-order valence-corrected chi connectivity index (χ3v) is 9.20. The van der Waals surface area contributed by atoms with Gasteiger partial charge in [0.05, 0.1) is 30.5 Å². The molecule has 0 saturated carbocycles.